The first-order valence-corrected chi connectivity index (χ1v) is 2.71. The van der Waals surface area contributed by atoms with Crippen molar-refractivity contribution in [2.75, 3.05) is 0 Å². The van der Waals surface area contributed by atoms with Crippen LogP contribution in [0.25, 0.3) is 0 Å². The summed E-state index contributed by atoms with van der Waals surface area (Å²) < 4.78 is 0. The van der Waals surface area contributed by atoms with Gasteiger partial charge in [-0.3, -0.25) is 4.79 Å². The highest BCUT2D eigenvalue weighted by Crippen LogP contribution is 1.84. The third-order valence-electron chi connectivity index (χ3n) is 0.962. The first kappa shape index (κ1) is 8.68. The summed E-state index contributed by atoms with van der Waals surface area (Å²) in [6, 6.07) is -0.762. The van der Waals surface area contributed by atoms with Gasteiger partial charge in [-0.15, -0.1) is 0 Å². The van der Waals surface area contributed by atoms with Crippen molar-refractivity contribution in [3.63, 3.8) is 0 Å². The van der Waals surface area contributed by atoms with Crippen molar-refractivity contribution in [1.82, 2.24) is 5.32 Å². The minimum Gasteiger partial charge on any atom is -0.309 e. The third-order valence-corrected chi connectivity index (χ3v) is 0.962. The van der Waals surface area contributed by atoms with Crippen molar-refractivity contribution >= 4 is 11.9 Å². The van der Waals surface area contributed by atoms with E-state index < -0.39 is 12.1 Å². The van der Waals surface area contributed by atoms with Gasteiger partial charge in [0, 0.05) is 0 Å². The molecule has 0 saturated heterocycles. The number of amides is 1. The predicted octanol–water partition coefficient (Wildman–Crippen LogP) is 0.270. The van der Waals surface area contributed by atoms with Crippen LogP contribution in [0.3, 0.4) is 0 Å². The summed E-state index contributed by atoms with van der Waals surface area (Å²) in [4.78, 5) is 20.4. The number of carbonyl (C=O) groups is 2. The molecule has 1 atom stereocenters. The molecule has 10 heavy (non-hydrogen) atoms. The average Bonchev–Trinajstić information content (AvgIpc) is 1.85. The summed E-state index contributed by atoms with van der Waals surface area (Å²) in [7, 11) is 0. The fourth-order valence-corrected chi connectivity index (χ4v) is 0.425. The molecule has 0 aliphatic heterocycles. The molecule has 0 aromatic heterocycles. The van der Waals surface area contributed by atoms with Crippen LogP contribution in [0.1, 0.15) is 6.92 Å². The Hall–Kier alpha value is -1.32. The molecule has 0 saturated carbocycles. The van der Waals surface area contributed by atoms with Gasteiger partial charge in [0.2, 0.25) is 0 Å². The molecular formula is C6H8NO3. The molecule has 1 radical (unpaired) electrons. The summed E-state index contributed by atoms with van der Waals surface area (Å²) in [5, 5.41) is 11.7. The fourth-order valence-electron chi connectivity index (χ4n) is 0.425. The van der Waals surface area contributed by atoms with Gasteiger partial charge in [0.1, 0.15) is 0 Å². The van der Waals surface area contributed by atoms with Gasteiger partial charge in [0.25, 0.3) is 0 Å². The Kier molecular flexibility index (Phi) is 3.17. The first-order valence-electron chi connectivity index (χ1n) is 2.71. The lowest BCUT2D eigenvalue weighted by Gasteiger charge is -2.03. The molecule has 0 heterocycles. The molecular weight excluding hydrogens is 134 g/mol. The summed E-state index contributed by atoms with van der Waals surface area (Å²) in [6.45, 7) is 4.60. The number of ketones is 1. The lowest BCUT2D eigenvalue weighted by atomic mass is 10.2. The predicted molar refractivity (Wildman–Crippen MR) is 33.9 cm³/mol. The Morgan fingerprint density at radius 3 is 2.40 bits per heavy atom. The van der Waals surface area contributed by atoms with Crippen LogP contribution < -0.4 is 5.32 Å². The lowest BCUT2D eigenvalue weighted by Crippen LogP contribution is -2.35. The van der Waals surface area contributed by atoms with Crippen LogP contribution in [0.5, 0.6) is 0 Å². The average molecular weight is 142 g/mol. The summed E-state index contributed by atoms with van der Waals surface area (Å²) in [6.07, 6.45) is -0.400. The molecule has 4 heteroatoms. The van der Waals surface area contributed by atoms with Crippen molar-refractivity contribution in [2.45, 2.75) is 13.0 Å². The smallest absolute Gasteiger partial charge is 0.309 e. The number of rotatable bonds is 3. The maximum Gasteiger partial charge on any atom is 0.451 e. The maximum atomic E-state index is 10.6. The largest absolute Gasteiger partial charge is 0.451 e. The van der Waals surface area contributed by atoms with Crippen molar-refractivity contribution < 1.29 is 14.7 Å². The van der Waals surface area contributed by atoms with E-state index in [0.29, 0.717) is 0 Å². The molecule has 55 valence electrons. The summed E-state index contributed by atoms with van der Waals surface area (Å²) >= 11 is 0. The van der Waals surface area contributed by atoms with Gasteiger partial charge < -0.3 is 5.32 Å². The number of nitrogens with one attached hydrogen (secondary N) is 1. The molecule has 1 unspecified atom stereocenters. The van der Waals surface area contributed by atoms with E-state index in [4.69, 9.17) is 0 Å². The Bertz CT molecular complexity index is 164. The molecule has 0 aromatic carbocycles. The minimum atomic E-state index is -1.46. The monoisotopic (exact) mass is 142 g/mol. The SMILES string of the molecule is C=CC(=O)C(C)NC([O])=O. The topological polar surface area (TPSA) is 66.1 Å². The standard InChI is InChI=1S/C6H8NO3/c1-3-5(8)4(2)7-6(9)10/h3-4,7H,1H2,2H3. The summed E-state index contributed by atoms with van der Waals surface area (Å²) in [5.74, 6) is -0.371. The van der Waals surface area contributed by atoms with Crippen LogP contribution in [0.4, 0.5) is 4.79 Å². The highest BCUT2D eigenvalue weighted by Gasteiger charge is 2.11. The van der Waals surface area contributed by atoms with E-state index in [1.165, 1.54) is 6.92 Å². The van der Waals surface area contributed by atoms with Gasteiger partial charge in [0.05, 0.1) is 6.04 Å². The van der Waals surface area contributed by atoms with Gasteiger partial charge in [0.15, 0.2) is 5.78 Å². The third kappa shape index (κ3) is 2.86. The Labute approximate surface area is 58.5 Å². The fraction of sp³-hybridized carbons (Fsp3) is 0.333. The second-order valence-corrected chi connectivity index (χ2v) is 1.76. The molecule has 0 spiro atoms. The van der Waals surface area contributed by atoms with E-state index in [1.54, 1.807) is 0 Å². The van der Waals surface area contributed by atoms with E-state index in [0.717, 1.165) is 6.08 Å². The van der Waals surface area contributed by atoms with Crippen LogP contribution in [-0.4, -0.2) is 17.9 Å². The van der Waals surface area contributed by atoms with Crippen LogP contribution in [0.15, 0.2) is 12.7 Å². The number of carbonyl (C=O) groups excluding carboxylic acids is 2. The van der Waals surface area contributed by atoms with Crippen molar-refractivity contribution in [1.29, 1.82) is 0 Å². The van der Waals surface area contributed by atoms with Crippen molar-refractivity contribution in [3.05, 3.63) is 12.7 Å². The molecule has 0 bridgehead atoms. The molecule has 1 N–H and O–H groups in total. The normalized spacial score (nSPS) is 11.7. The van der Waals surface area contributed by atoms with Gasteiger partial charge in [-0.2, -0.15) is 0 Å². The maximum absolute atomic E-state index is 10.6. The molecule has 1 amide bonds. The van der Waals surface area contributed by atoms with Crippen LogP contribution in [-0.2, 0) is 9.90 Å². The van der Waals surface area contributed by atoms with E-state index >= 15 is 0 Å². The van der Waals surface area contributed by atoms with Gasteiger partial charge in [-0.25, -0.2) is 9.90 Å². The zero-order valence-corrected chi connectivity index (χ0v) is 5.59. The quantitative estimate of drug-likeness (QED) is 0.575. The number of hydrogen-bond acceptors (Lipinski definition) is 2. The van der Waals surface area contributed by atoms with Gasteiger partial charge in [-0.1, -0.05) is 6.58 Å². The second-order valence-electron chi connectivity index (χ2n) is 1.76. The van der Waals surface area contributed by atoms with Crippen LogP contribution in [0, 0.1) is 0 Å². The Balaban J connectivity index is 3.84. The molecule has 0 aliphatic rings. The van der Waals surface area contributed by atoms with E-state index in [-0.39, 0.29) is 5.78 Å². The molecule has 0 aromatic rings. The van der Waals surface area contributed by atoms with Crippen LogP contribution >= 0.6 is 0 Å². The highest BCUT2D eigenvalue weighted by atomic mass is 16.4. The summed E-state index contributed by atoms with van der Waals surface area (Å²) in [5.41, 5.74) is 0. The van der Waals surface area contributed by atoms with E-state index in [1.807, 2.05) is 5.32 Å². The minimum absolute atomic E-state index is 0.371. The second kappa shape index (κ2) is 3.66. The van der Waals surface area contributed by atoms with Crippen molar-refractivity contribution in [3.8, 4) is 0 Å². The van der Waals surface area contributed by atoms with Crippen LogP contribution in [0.2, 0.25) is 0 Å². The number of hydrogen-bond donors (Lipinski definition) is 1. The Morgan fingerprint density at radius 2 is 2.10 bits per heavy atom. The molecule has 0 fully saturated rings. The zero-order valence-electron chi connectivity index (χ0n) is 5.59. The molecule has 0 aliphatic carbocycles. The van der Waals surface area contributed by atoms with E-state index in [2.05, 4.69) is 6.58 Å². The zero-order chi connectivity index (χ0) is 8.15. The first-order chi connectivity index (χ1) is 4.57. The van der Waals surface area contributed by atoms with Crippen molar-refractivity contribution in [2.24, 2.45) is 0 Å². The van der Waals surface area contributed by atoms with Gasteiger partial charge >= 0.3 is 6.09 Å². The Morgan fingerprint density at radius 1 is 1.60 bits per heavy atom. The lowest BCUT2D eigenvalue weighted by molar-refractivity contribution is -0.116. The van der Waals surface area contributed by atoms with Gasteiger partial charge in [-0.05, 0) is 13.0 Å². The molecule has 4 nitrogen and oxygen atoms in total. The van der Waals surface area contributed by atoms with E-state index in [9.17, 15) is 14.7 Å². The molecule has 0 rings (SSSR count). The highest BCUT2D eigenvalue weighted by molar-refractivity contribution is 5.95.